The van der Waals surface area contributed by atoms with Crippen LogP contribution in [0.2, 0.25) is 0 Å². The Bertz CT molecular complexity index is 1620. The maximum Gasteiger partial charge on any atom is 0.407 e. The first-order valence-corrected chi connectivity index (χ1v) is 12.0. The number of aryl methyl sites for hydroxylation is 2. The van der Waals surface area contributed by atoms with Crippen LogP contribution >= 0.6 is 0 Å². The largest absolute Gasteiger partial charge is 0.465 e. The third-order valence-electron chi connectivity index (χ3n) is 6.69. The molecule has 1 aliphatic rings. The van der Waals surface area contributed by atoms with Gasteiger partial charge in [0.2, 0.25) is 0 Å². The molecule has 1 fully saturated rings. The molecule has 1 amide bonds. The second kappa shape index (κ2) is 9.01. The van der Waals surface area contributed by atoms with E-state index in [4.69, 9.17) is 4.74 Å². The summed E-state index contributed by atoms with van der Waals surface area (Å²) in [4.78, 5) is 23.8. The number of rotatable bonds is 5. The second-order valence-electron chi connectivity index (χ2n) is 9.07. The number of amides is 1. The van der Waals surface area contributed by atoms with Crippen molar-refractivity contribution >= 4 is 39.8 Å². The highest BCUT2D eigenvalue weighted by Gasteiger charge is 2.23. The Balaban J connectivity index is 1.23. The van der Waals surface area contributed by atoms with Gasteiger partial charge in [0.15, 0.2) is 5.82 Å². The molecule has 1 aliphatic heterocycles. The molecule has 3 aromatic heterocycles. The maximum atomic E-state index is 11.3. The van der Waals surface area contributed by atoms with Crippen molar-refractivity contribution in [2.75, 3.05) is 36.4 Å². The van der Waals surface area contributed by atoms with Gasteiger partial charge in [0.25, 0.3) is 0 Å². The van der Waals surface area contributed by atoms with Crippen LogP contribution in [0.5, 0.6) is 11.5 Å². The van der Waals surface area contributed by atoms with Crippen molar-refractivity contribution in [2.45, 2.75) is 6.92 Å². The number of imidazole rings is 1. The molecule has 2 N–H and O–H groups in total. The molecule has 6 rings (SSSR count). The van der Waals surface area contributed by atoms with E-state index in [1.807, 2.05) is 67.2 Å². The van der Waals surface area contributed by atoms with Crippen molar-refractivity contribution in [3.8, 4) is 11.5 Å². The van der Waals surface area contributed by atoms with Gasteiger partial charge < -0.3 is 29.5 Å². The fraction of sp³-hybridized carbons (Fsp3) is 0.231. The van der Waals surface area contributed by atoms with E-state index in [0.29, 0.717) is 32.0 Å². The zero-order chi connectivity index (χ0) is 25.5. The number of carboxylic acid groups (broad SMARTS) is 1. The summed E-state index contributed by atoms with van der Waals surface area (Å²) in [6.07, 6.45) is 4.31. The molecule has 0 bridgehead atoms. The van der Waals surface area contributed by atoms with Crippen LogP contribution in [0, 0.1) is 6.92 Å². The summed E-state index contributed by atoms with van der Waals surface area (Å²) in [5, 5.41) is 17.0. The molecule has 11 nitrogen and oxygen atoms in total. The quantitative estimate of drug-likeness (QED) is 0.370. The monoisotopic (exact) mass is 498 g/mol. The van der Waals surface area contributed by atoms with E-state index >= 15 is 0 Å². The number of aromatic nitrogens is 5. The van der Waals surface area contributed by atoms with Gasteiger partial charge in [0.05, 0.1) is 23.0 Å². The van der Waals surface area contributed by atoms with Crippen LogP contribution in [0.4, 0.5) is 22.0 Å². The number of hydrogen-bond acceptors (Lipinski definition) is 7. The molecular weight excluding hydrogens is 472 g/mol. The van der Waals surface area contributed by atoms with Crippen molar-refractivity contribution in [1.29, 1.82) is 0 Å². The van der Waals surface area contributed by atoms with E-state index in [9.17, 15) is 9.90 Å². The third kappa shape index (κ3) is 4.24. The Kier molecular flexibility index (Phi) is 5.52. The molecule has 0 radical (unpaired) electrons. The van der Waals surface area contributed by atoms with Crippen LogP contribution in [0.3, 0.4) is 0 Å². The van der Waals surface area contributed by atoms with E-state index in [0.717, 1.165) is 45.0 Å². The number of anilines is 3. The summed E-state index contributed by atoms with van der Waals surface area (Å²) in [6, 6.07) is 13.8. The Morgan fingerprint density at radius 1 is 1.05 bits per heavy atom. The van der Waals surface area contributed by atoms with E-state index in [1.54, 1.807) is 10.8 Å². The zero-order valence-corrected chi connectivity index (χ0v) is 20.5. The molecule has 37 heavy (non-hydrogen) atoms. The van der Waals surface area contributed by atoms with Gasteiger partial charge in [0, 0.05) is 51.2 Å². The van der Waals surface area contributed by atoms with Crippen LogP contribution < -0.4 is 15.0 Å². The lowest BCUT2D eigenvalue weighted by Crippen LogP contribution is -2.48. The minimum absolute atomic E-state index is 0.455. The van der Waals surface area contributed by atoms with Crippen molar-refractivity contribution in [2.24, 2.45) is 7.05 Å². The van der Waals surface area contributed by atoms with Crippen LogP contribution in [-0.2, 0) is 7.05 Å². The highest BCUT2D eigenvalue weighted by molar-refractivity contribution is 5.86. The summed E-state index contributed by atoms with van der Waals surface area (Å²) >= 11 is 0. The molecule has 188 valence electrons. The molecule has 0 atom stereocenters. The molecular formula is C26H26N8O3. The number of nitrogens with one attached hydrogen (secondary N) is 1. The lowest BCUT2D eigenvalue weighted by molar-refractivity contribution is 0.142. The minimum Gasteiger partial charge on any atom is -0.465 e. The summed E-state index contributed by atoms with van der Waals surface area (Å²) < 4.78 is 9.91. The molecule has 0 unspecified atom stereocenters. The standard InChI is InChI=1S/C26H26N8O3/c1-17-13-18(3-6-23(17)37-19-4-5-21-20(14-19)28-16-31(21)2)30-25-24-22(7-8-34(24)29-15-27-25)32-9-11-33(12-10-32)26(35)36/h3-8,13-16H,9-12H2,1-2H3,(H,35,36)(H,27,29,30). The third-order valence-corrected chi connectivity index (χ3v) is 6.69. The average Bonchev–Trinajstić information content (AvgIpc) is 3.50. The van der Waals surface area contributed by atoms with Gasteiger partial charge in [0.1, 0.15) is 23.3 Å². The minimum atomic E-state index is -0.882. The number of ether oxygens (including phenoxy) is 1. The van der Waals surface area contributed by atoms with E-state index in [1.165, 1.54) is 11.2 Å². The Morgan fingerprint density at radius 2 is 1.89 bits per heavy atom. The summed E-state index contributed by atoms with van der Waals surface area (Å²) in [5.74, 6) is 2.16. The van der Waals surface area contributed by atoms with Crippen molar-refractivity contribution in [1.82, 2.24) is 29.0 Å². The SMILES string of the molecule is Cc1cc(Nc2ncnn3ccc(N4CCN(C(=O)O)CC4)c23)ccc1Oc1ccc2c(c1)ncn2C. The van der Waals surface area contributed by atoms with Crippen molar-refractivity contribution < 1.29 is 14.6 Å². The predicted molar refractivity (Wildman–Crippen MR) is 140 cm³/mol. The number of fused-ring (bicyclic) bond motifs is 2. The van der Waals surface area contributed by atoms with Gasteiger partial charge in [-0.25, -0.2) is 19.3 Å². The first-order chi connectivity index (χ1) is 18.0. The highest BCUT2D eigenvalue weighted by atomic mass is 16.5. The molecule has 0 spiro atoms. The highest BCUT2D eigenvalue weighted by Crippen LogP contribution is 2.33. The summed E-state index contributed by atoms with van der Waals surface area (Å²) in [6.45, 7) is 4.12. The fourth-order valence-corrected chi connectivity index (χ4v) is 4.71. The smallest absolute Gasteiger partial charge is 0.407 e. The number of carbonyl (C=O) groups is 1. The second-order valence-corrected chi connectivity index (χ2v) is 9.07. The molecule has 2 aromatic carbocycles. The fourth-order valence-electron chi connectivity index (χ4n) is 4.71. The zero-order valence-electron chi connectivity index (χ0n) is 20.5. The van der Waals surface area contributed by atoms with Crippen LogP contribution in [-0.4, -0.2) is 66.4 Å². The Labute approximate surface area is 212 Å². The number of hydrogen-bond donors (Lipinski definition) is 2. The summed E-state index contributed by atoms with van der Waals surface area (Å²) in [5.41, 5.74) is 5.58. The predicted octanol–water partition coefficient (Wildman–Crippen LogP) is 4.26. The van der Waals surface area contributed by atoms with Crippen LogP contribution in [0.25, 0.3) is 16.6 Å². The first kappa shape index (κ1) is 22.7. The molecule has 0 aliphatic carbocycles. The lowest BCUT2D eigenvalue weighted by atomic mass is 10.2. The van der Waals surface area contributed by atoms with Crippen LogP contribution in [0.15, 0.2) is 61.3 Å². The average molecular weight is 499 g/mol. The molecule has 1 saturated heterocycles. The van der Waals surface area contributed by atoms with E-state index in [2.05, 4.69) is 25.3 Å². The van der Waals surface area contributed by atoms with Gasteiger partial charge in [-0.2, -0.15) is 5.10 Å². The Hall–Kier alpha value is -4.80. The molecule has 5 aromatic rings. The Morgan fingerprint density at radius 3 is 2.68 bits per heavy atom. The lowest BCUT2D eigenvalue weighted by Gasteiger charge is -2.34. The molecule has 11 heteroatoms. The number of nitrogens with zero attached hydrogens (tertiary/aromatic N) is 7. The first-order valence-electron chi connectivity index (χ1n) is 12.0. The number of benzene rings is 2. The topological polar surface area (TPSA) is 113 Å². The van der Waals surface area contributed by atoms with E-state index in [-0.39, 0.29) is 0 Å². The van der Waals surface area contributed by atoms with Gasteiger partial charge in [-0.15, -0.1) is 0 Å². The summed E-state index contributed by atoms with van der Waals surface area (Å²) in [7, 11) is 1.97. The van der Waals surface area contributed by atoms with Gasteiger partial charge >= 0.3 is 6.09 Å². The normalized spacial score (nSPS) is 13.9. The maximum absolute atomic E-state index is 11.3. The van der Waals surface area contributed by atoms with Crippen molar-refractivity contribution in [3.63, 3.8) is 0 Å². The number of piperazine rings is 1. The molecule has 0 saturated carbocycles. The molecule has 4 heterocycles. The van der Waals surface area contributed by atoms with Gasteiger partial charge in [-0.3, -0.25) is 0 Å². The van der Waals surface area contributed by atoms with E-state index < -0.39 is 6.09 Å². The van der Waals surface area contributed by atoms with Crippen LogP contribution in [0.1, 0.15) is 5.56 Å². The van der Waals surface area contributed by atoms with Gasteiger partial charge in [-0.05, 0) is 48.9 Å². The van der Waals surface area contributed by atoms with Gasteiger partial charge in [-0.1, -0.05) is 0 Å². The van der Waals surface area contributed by atoms with Crippen molar-refractivity contribution in [3.05, 3.63) is 66.9 Å².